The average molecular weight is 262 g/mol. The van der Waals surface area contributed by atoms with Crippen LogP contribution in [0.2, 0.25) is 0 Å². The molecular weight excluding hydrogens is 240 g/mol. The summed E-state index contributed by atoms with van der Waals surface area (Å²) < 4.78 is 0. The molecule has 0 saturated carbocycles. The third kappa shape index (κ3) is 2.73. The Morgan fingerprint density at radius 3 is 2.42 bits per heavy atom. The van der Waals surface area contributed by atoms with E-state index in [0.29, 0.717) is 5.56 Å². The van der Waals surface area contributed by atoms with Gasteiger partial charge in [0.15, 0.2) is 0 Å². The van der Waals surface area contributed by atoms with Gasteiger partial charge in [0, 0.05) is 18.8 Å². The first kappa shape index (κ1) is 13.9. The Labute approximate surface area is 114 Å². The number of aliphatic carboxylic acids is 1. The molecule has 1 heterocycles. The molecule has 104 valence electrons. The highest BCUT2D eigenvalue weighted by Gasteiger charge is 2.20. The molecule has 1 aromatic rings. The van der Waals surface area contributed by atoms with Gasteiger partial charge in [-0.3, -0.25) is 4.79 Å². The Hall–Kier alpha value is -1.55. The van der Waals surface area contributed by atoms with Crippen LogP contribution in [0, 0.1) is 13.8 Å². The smallest absolute Gasteiger partial charge is 0.325 e. The molecule has 1 aromatic carbocycles. The van der Waals surface area contributed by atoms with Crippen LogP contribution < -0.4 is 10.6 Å². The van der Waals surface area contributed by atoms with E-state index in [2.05, 4.69) is 11.8 Å². The van der Waals surface area contributed by atoms with Crippen LogP contribution in [0.4, 0.5) is 5.69 Å². The first-order chi connectivity index (χ1) is 9.02. The number of carboxylic acid groups (broad SMARTS) is 1. The summed E-state index contributed by atoms with van der Waals surface area (Å²) in [6.07, 6.45) is 3.76. The summed E-state index contributed by atoms with van der Waals surface area (Å²) in [5.41, 5.74) is 9.80. The standard InChI is InChI=1S/C15H22N2O2/c1-10-11(2)13(17-8-4-3-5-9-17)7-6-12(10)14(16)15(18)19/h6-7,14H,3-5,8-9,16H2,1-2H3,(H,18,19)/t14-/m0/s1. The van der Waals surface area contributed by atoms with E-state index in [1.807, 2.05) is 19.1 Å². The van der Waals surface area contributed by atoms with Crippen molar-refractivity contribution >= 4 is 11.7 Å². The molecular formula is C15H22N2O2. The van der Waals surface area contributed by atoms with Gasteiger partial charge in [0.05, 0.1) is 0 Å². The van der Waals surface area contributed by atoms with Crippen molar-refractivity contribution in [2.24, 2.45) is 5.73 Å². The van der Waals surface area contributed by atoms with Crippen LogP contribution in [-0.2, 0) is 4.79 Å². The maximum atomic E-state index is 11.0. The fraction of sp³-hybridized carbons (Fsp3) is 0.533. The molecule has 0 amide bonds. The first-order valence-electron chi connectivity index (χ1n) is 6.86. The lowest BCUT2D eigenvalue weighted by molar-refractivity contribution is -0.138. The minimum Gasteiger partial charge on any atom is -0.480 e. The van der Waals surface area contributed by atoms with Crippen LogP contribution in [0.25, 0.3) is 0 Å². The molecule has 19 heavy (non-hydrogen) atoms. The van der Waals surface area contributed by atoms with Crippen molar-refractivity contribution in [3.05, 3.63) is 28.8 Å². The van der Waals surface area contributed by atoms with Crippen molar-refractivity contribution in [3.63, 3.8) is 0 Å². The molecule has 1 fully saturated rings. The zero-order valence-electron chi connectivity index (χ0n) is 11.6. The highest BCUT2D eigenvalue weighted by atomic mass is 16.4. The highest BCUT2D eigenvalue weighted by Crippen LogP contribution is 2.30. The van der Waals surface area contributed by atoms with Crippen LogP contribution in [0.1, 0.15) is 42.0 Å². The first-order valence-corrected chi connectivity index (χ1v) is 6.86. The Bertz CT molecular complexity index is 479. The van der Waals surface area contributed by atoms with E-state index in [4.69, 9.17) is 10.8 Å². The maximum Gasteiger partial charge on any atom is 0.325 e. The van der Waals surface area contributed by atoms with Gasteiger partial charge < -0.3 is 15.7 Å². The van der Waals surface area contributed by atoms with Crippen LogP contribution in [0.15, 0.2) is 12.1 Å². The summed E-state index contributed by atoms with van der Waals surface area (Å²) in [4.78, 5) is 13.4. The molecule has 0 spiro atoms. The zero-order valence-corrected chi connectivity index (χ0v) is 11.6. The summed E-state index contributed by atoms with van der Waals surface area (Å²) in [7, 11) is 0. The predicted octanol–water partition coefficient (Wildman–Crippen LogP) is 2.38. The summed E-state index contributed by atoms with van der Waals surface area (Å²) in [5, 5.41) is 9.03. The quantitative estimate of drug-likeness (QED) is 0.877. The van der Waals surface area contributed by atoms with Crippen molar-refractivity contribution in [1.82, 2.24) is 0 Å². The molecule has 0 unspecified atom stereocenters. The normalized spacial score (nSPS) is 17.3. The van der Waals surface area contributed by atoms with E-state index in [9.17, 15) is 4.79 Å². The van der Waals surface area contributed by atoms with Gasteiger partial charge in [-0.25, -0.2) is 0 Å². The molecule has 0 radical (unpaired) electrons. The number of hydrogen-bond donors (Lipinski definition) is 2. The van der Waals surface area contributed by atoms with Gasteiger partial charge in [0.2, 0.25) is 0 Å². The Morgan fingerprint density at radius 1 is 1.21 bits per heavy atom. The molecule has 1 aliphatic rings. The number of rotatable bonds is 3. The summed E-state index contributed by atoms with van der Waals surface area (Å²) >= 11 is 0. The van der Waals surface area contributed by atoms with Crippen molar-refractivity contribution in [2.75, 3.05) is 18.0 Å². The highest BCUT2D eigenvalue weighted by molar-refractivity contribution is 5.76. The molecule has 0 aliphatic carbocycles. The number of carbonyl (C=O) groups is 1. The Kier molecular flexibility index (Phi) is 4.10. The van der Waals surface area contributed by atoms with Crippen LogP contribution in [-0.4, -0.2) is 24.2 Å². The second-order valence-electron chi connectivity index (χ2n) is 5.29. The van der Waals surface area contributed by atoms with E-state index in [1.54, 1.807) is 0 Å². The molecule has 3 N–H and O–H groups in total. The molecule has 1 aliphatic heterocycles. The zero-order chi connectivity index (χ0) is 14.0. The largest absolute Gasteiger partial charge is 0.480 e. The van der Waals surface area contributed by atoms with Gasteiger partial charge in [-0.1, -0.05) is 6.07 Å². The molecule has 4 nitrogen and oxygen atoms in total. The molecule has 4 heteroatoms. The third-order valence-electron chi connectivity index (χ3n) is 4.10. The number of nitrogens with two attached hydrogens (primary N) is 1. The molecule has 2 rings (SSSR count). The van der Waals surface area contributed by atoms with Crippen LogP contribution in [0.3, 0.4) is 0 Å². The molecule has 0 aromatic heterocycles. The average Bonchev–Trinajstić information content (AvgIpc) is 2.42. The Balaban J connectivity index is 2.33. The van der Waals surface area contributed by atoms with E-state index in [1.165, 1.54) is 24.9 Å². The monoisotopic (exact) mass is 262 g/mol. The fourth-order valence-electron chi connectivity index (χ4n) is 2.77. The van der Waals surface area contributed by atoms with Crippen molar-refractivity contribution in [3.8, 4) is 0 Å². The van der Waals surface area contributed by atoms with Crippen molar-refractivity contribution in [1.29, 1.82) is 0 Å². The molecule has 1 atom stereocenters. The number of benzene rings is 1. The van der Waals surface area contributed by atoms with Gasteiger partial charge in [-0.15, -0.1) is 0 Å². The second kappa shape index (κ2) is 5.61. The number of carboxylic acids is 1. The van der Waals surface area contributed by atoms with Crippen LogP contribution >= 0.6 is 0 Å². The Morgan fingerprint density at radius 2 is 1.84 bits per heavy atom. The van der Waals surface area contributed by atoms with Gasteiger partial charge in [-0.05, 0) is 55.9 Å². The summed E-state index contributed by atoms with van der Waals surface area (Å²) in [6.45, 7) is 6.19. The van der Waals surface area contributed by atoms with E-state index >= 15 is 0 Å². The number of hydrogen-bond acceptors (Lipinski definition) is 3. The molecule has 1 saturated heterocycles. The third-order valence-corrected chi connectivity index (χ3v) is 4.10. The van der Waals surface area contributed by atoms with E-state index < -0.39 is 12.0 Å². The van der Waals surface area contributed by atoms with Crippen LogP contribution in [0.5, 0.6) is 0 Å². The fourth-order valence-corrected chi connectivity index (χ4v) is 2.77. The lowest BCUT2D eigenvalue weighted by Gasteiger charge is -2.31. The van der Waals surface area contributed by atoms with Gasteiger partial charge in [0.1, 0.15) is 6.04 Å². The summed E-state index contributed by atoms with van der Waals surface area (Å²) in [5.74, 6) is -0.978. The minimum absolute atomic E-state index is 0.714. The van der Waals surface area contributed by atoms with E-state index in [0.717, 1.165) is 24.2 Å². The van der Waals surface area contributed by atoms with E-state index in [-0.39, 0.29) is 0 Å². The molecule has 0 bridgehead atoms. The van der Waals surface area contributed by atoms with Gasteiger partial charge in [0.25, 0.3) is 0 Å². The lowest BCUT2D eigenvalue weighted by atomic mass is 9.95. The topological polar surface area (TPSA) is 66.6 Å². The second-order valence-corrected chi connectivity index (χ2v) is 5.29. The maximum absolute atomic E-state index is 11.0. The summed E-state index contributed by atoms with van der Waals surface area (Å²) in [6, 6.07) is 2.95. The van der Waals surface area contributed by atoms with Crippen molar-refractivity contribution in [2.45, 2.75) is 39.2 Å². The van der Waals surface area contributed by atoms with Gasteiger partial charge >= 0.3 is 5.97 Å². The van der Waals surface area contributed by atoms with Gasteiger partial charge in [-0.2, -0.15) is 0 Å². The number of nitrogens with zero attached hydrogens (tertiary/aromatic N) is 1. The number of piperidine rings is 1. The predicted molar refractivity (Wildman–Crippen MR) is 76.5 cm³/mol. The van der Waals surface area contributed by atoms with Crippen molar-refractivity contribution < 1.29 is 9.90 Å². The lowest BCUT2D eigenvalue weighted by Crippen LogP contribution is -2.30. The SMILES string of the molecule is Cc1c([C@H](N)C(=O)O)ccc(N2CCCCC2)c1C. The minimum atomic E-state index is -0.978. The number of anilines is 1.